The fourth-order valence-electron chi connectivity index (χ4n) is 1.66. The molecule has 2 amide bonds. The molecule has 1 fully saturated rings. The highest BCUT2D eigenvalue weighted by atomic mass is 16.5. The van der Waals surface area contributed by atoms with E-state index in [-0.39, 0.29) is 37.0 Å². The van der Waals surface area contributed by atoms with E-state index in [0.29, 0.717) is 6.61 Å². The van der Waals surface area contributed by atoms with Crippen molar-refractivity contribution in [3.63, 3.8) is 0 Å². The molecule has 0 aromatic carbocycles. The van der Waals surface area contributed by atoms with Gasteiger partial charge in [-0.2, -0.15) is 0 Å². The molecule has 0 bridgehead atoms. The molecule has 2 atom stereocenters. The van der Waals surface area contributed by atoms with Crippen LogP contribution < -0.4 is 16.4 Å². The van der Waals surface area contributed by atoms with Crippen molar-refractivity contribution in [2.24, 2.45) is 5.73 Å². The molecule has 0 aromatic heterocycles. The van der Waals surface area contributed by atoms with Crippen LogP contribution in [0.4, 0.5) is 0 Å². The van der Waals surface area contributed by atoms with Crippen molar-refractivity contribution in [2.75, 3.05) is 19.7 Å². The minimum Gasteiger partial charge on any atom is -0.378 e. The zero-order valence-corrected chi connectivity index (χ0v) is 9.49. The molecule has 0 aliphatic carbocycles. The third kappa shape index (κ3) is 4.59. The third-order valence-corrected chi connectivity index (χ3v) is 2.48. The first-order chi connectivity index (χ1) is 7.61. The topological polar surface area (TPSA) is 93.5 Å². The quantitative estimate of drug-likeness (QED) is 0.561. The summed E-state index contributed by atoms with van der Waals surface area (Å²) >= 11 is 0. The summed E-state index contributed by atoms with van der Waals surface area (Å²) in [5, 5.41) is 5.28. The van der Waals surface area contributed by atoms with Gasteiger partial charge >= 0.3 is 0 Å². The summed E-state index contributed by atoms with van der Waals surface area (Å²) < 4.78 is 5.37. The standard InChI is InChI=1S/C10H19N3O3/c1-7-4-8(2-3-16-7)13-10(15)6-12-9(14)5-11/h7-8H,2-6,11H2,1H3,(H,12,14)(H,13,15). The lowest BCUT2D eigenvalue weighted by molar-refractivity contribution is -0.126. The summed E-state index contributed by atoms with van der Waals surface area (Å²) in [7, 11) is 0. The lowest BCUT2D eigenvalue weighted by Crippen LogP contribution is -2.46. The van der Waals surface area contributed by atoms with E-state index in [2.05, 4.69) is 10.6 Å². The first-order valence-corrected chi connectivity index (χ1v) is 5.49. The molecule has 1 saturated heterocycles. The maximum absolute atomic E-state index is 11.4. The zero-order chi connectivity index (χ0) is 12.0. The van der Waals surface area contributed by atoms with Gasteiger partial charge in [-0.05, 0) is 19.8 Å². The smallest absolute Gasteiger partial charge is 0.239 e. The van der Waals surface area contributed by atoms with Crippen molar-refractivity contribution >= 4 is 11.8 Å². The van der Waals surface area contributed by atoms with E-state index in [4.69, 9.17) is 10.5 Å². The molecule has 92 valence electrons. The van der Waals surface area contributed by atoms with Crippen molar-refractivity contribution in [1.29, 1.82) is 0 Å². The van der Waals surface area contributed by atoms with Gasteiger partial charge in [0.15, 0.2) is 0 Å². The summed E-state index contributed by atoms with van der Waals surface area (Å²) in [6.45, 7) is 2.54. The number of carbonyl (C=O) groups is 2. The van der Waals surface area contributed by atoms with E-state index in [1.165, 1.54) is 0 Å². The molecule has 4 N–H and O–H groups in total. The van der Waals surface area contributed by atoms with Crippen molar-refractivity contribution in [3.05, 3.63) is 0 Å². The number of carbonyl (C=O) groups excluding carboxylic acids is 2. The molecule has 2 unspecified atom stereocenters. The Hall–Kier alpha value is -1.14. The van der Waals surface area contributed by atoms with E-state index < -0.39 is 0 Å². The SMILES string of the molecule is CC1CC(NC(=O)CNC(=O)CN)CCO1. The number of nitrogens with one attached hydrogen (secondary N) is 2. The second-order valence-electron chi connectivity index (χ2n) is 3.95. The largest absolute Gasteiger partial charge is 0.378 e. The number of hydrogen-bond donors (Lipinski definition) is 3. The number of hydrogen-bond acceptors (Lipinski definition) is 4. The van der Waals surface area contributed by atoms with Gasteiger partial charge in [0.25, 0.3) is 0 Å². The Balaban J connectivity index is 2.20. The van der Waals surface area contributed by atoms with E-state index in [0.717, 1.165) is 12.8 Å². The lowest BCUT2D eigenvalue weighted by atomic mass is 10.0. The van der Waals surface area contributed by atoms with Crippen LogP contribution in [0.25, 0.3) is 0 Å². The van der Waals surface area contributed by atoms with E-state index >= 15 is 0 Å². The average Bonchev–Trinajstić information content (AvgIpc) is 2.26. The van der Waals surface area contributed by atoms with Crippen LogP contribution in [-0.4, -0.2) is 43.7 Å². The van der Waals surface area contributed by atoms with Crippen LogP contribution in [0.5, 0.6) is 0 Å². The zero-order valence-electron chi connectivity index (χ0n) is 9.49. The van der Waals surface area contributed by atoms with Crippen molar-refractivity contribution in [3.8, 4) is 0 Å². The highest BCUT2D eigenvalue weighted by molar-refractivity contribution is 5.85. The molecule has 0 radical (unpaired) electrons. The minimum atomic E-state index is -0.324. The van der Waals surface area contributed by atoms with Crippen LogP contribution in [0.1, 0.15) is 19.8 Å². The van der Waals surface area contributed by atoms with Crippen LogP contribution >= 0.6 is 0 Å². The molecule has 16 heavy (non-hydrogen) atoms. The van der Waals surface area contributed by atoms with Crippen LogP contribution in [0.2, 0.25) is 0 Å². The molecule has 0 saturated carbocycles. The highest BCUT2D eigenvalue weighted by Gasteiger charge is 2.20. The average molecular weight is 229 g/mol. The van der Waals surface area contributed by atoms with Crippen molar-refractivity contribution < 1.29 is 14.3 Å². The van der Waals surface area contributed by atoms with Crippen molar-refractivity contribution in [2.45, 2.75) is 31.9 Å². The molecule has 6 heteroatoms. The number of rotatable bonds is 4. The van der Waals surface area contributed by atoms with Gasteiger partial charge in [0.1, 0.15) is 0 Å². The molecule has 0 aromatic rings. The third-order valence-electron chi connectivity index (χ3n) is 2.48. The Morgan fingerprint density at radius 1 is 1.44 bits per heavy atom. The summed E-state index contributed by atoms with van der Waals surface area (Å²) in [6, 6.07) is 0.144. The van der Waals surface area contributed by atoms with Crippen LogP contribution in [0.3, 0.4) is 0 Å². The maximum atomic E-state index is 11.4. The Morgan fingerprint density at radius 2 is 2.19 bits per heavy atom. The van der Waals surface area contributed by atoms with Gasteiger partial charge in [-0.3, -0.25) is 9.59 Å². The predicted molar refractivity (Wildman–Crippen MR) is 58.6 cm³/mol. The molecular weight excluding hydrogens is 210 g/mol. The van der Waals surface area contributed by atoms with Crippen LogP contribution in [-0.2, 0) is 14.3 Å². The fraction of sp³-hybridized carbons (Fsp3) is 0.800. The van der Waals surface area contributed by atoms with Gasteiger partial charge in [0, 0.05) is 12.6 Å². The first-order valence-electron chi connectivity index (χ1n) is 5.49. The van der Waals surface area contributed by atoms with Crippen LogP contribution in [0, 0.1) is 0 Å². The molecule has 0 spiro atoms. The van der Waals surface area contributed by atoms with Gasteiger partial charge < -0.3 is 21.1 Å². The van der Waals surface area contributed by atoms with Gasteiger partial charge in [-0.25, -0.2) is 0 Å². The highest BCUT2D eigenvalue weighted by Crippen LogP contribution is 2.12. The van der Waals surface area contributed by atoms with Crippen molar-refractivity contribution in [1.82, 2.24) is 10.6 Å². The van der Waals surface area contributed by atoms with E-state index in [1.54, 1.807) is 0 Å². The van der Waals surface area contributed by atoms with Crippen LogP contribution in [0.15, 0.2) is 0 Å². The monoisotopic (exact) mass is 229 g/mol. The van der Waals surface area contributed by atoms with Gasteiger partial charge in [-0.1, -0.05) is 0 Å². The minimum absolute atomic E-state index is 0.0121. The van der Waals surface area contributed by atoms with Gasteiger partial charge in [0.05, 0.1) is 19.2 Å². The Labute approximate surface area is 94.9 Å². The molecule has 1 aliphatic rings. The second-order valence-corrected chi connectivity index (χ2v) is 3.95. The van der Waals surface area contributed by atoms with Gasteiger partial charge in [-0.15, -0.1) is 0 Å². The summed E-state index contributed by atoms with van der Waals surface area (Å²) in [4.78, 5) is 22.3. The Morgan fingerprint density at radius 3 is 2.81 bits per heavy atom. The molecule has 1 heterocycles. The summed E-state index contributed by atoms with van der Waals surface area (Å²) in [5.41, 5.74) is 5.10. The fourth-order valence-corrected chi connectivity index (χ4v) is 1.66. The Bertz CT molecular complexity index is 258. The lowest BCUT2D eigenvalue weighted by Gasteiger charge is -2.27. The Kier molecular flexibility index (Phi) is 5.21. The van der Waals surface area contributed by atoms with E-state index in [9.17, 15) is 9.59 Å². The number of nitrogens with two attached hydrogens (primary N) is 1. The summed E-state index contributed by atoms with van der Waals surface area (Å²) in [5.74, 6) is -0.503. The first kappa shape index (κ1) is 12.9. The molecule has 1 rings (SSSR count). The van der Waals surface area contributed by atoms with E-state index in [1.807, 2.05) is 6.92 Å². The normalized spacial score (nSPS) is 24.9. The van der Waals surface area contributed by atoms with Gasteiger partial charge in [0.2, 0.25) is 11.8 Å². The maximum Gasteiger partial charge on any atom is 0.239 e. The predicted octanol–water partition coefficient (Wildman–Crippen LogP) is -1.25. The number of amides is 2. The second kappa shape index (κ2) is 6.44. The molecule has 6 nitrogen and oxygen atoms in total. The molecule has 1 aliphatic heterocycles. The number of ether oxygens (including phenoxy) is 1. The molecular formula is C10H19N3O3. The summed E-state index contributed by atoms with van der Waals surface area (Å²) in [6.07, 6.45) is 1.81.